The van der Waals surface area contributed by atoms with Crippen LogP contribution in [0.5, 0.6) is 11.5 Å². The molecule has 3 heterocycles. The van der Waals surface area contributed by atoms with E-state index in [4.69, 9.17) is 14.0 Å². The molecule has 0 saturated carbocycles. The molecule has 1 fully saturated rings. The zero-order chi connectivity index (χ0) is 39.5. The number of aromatic nitrogens is 4. The largest absolute Gasteiger partial charge is 0.497 e. The highest BCUT2D eigenvalue weighted by atomic mass is 32.2. The highest BCUT2D eigenvalue weighted by Gasteiger charge is 2.54. The topological polar surface area (TPSA) is 247 Å². The van der Waals surface area contributed by atoms with E-state index in [-0.39, 0.29) is 22.4 Å². The number of rotatable bonds is 16. The number of amides is 2. The predicted molar refractivity (Wildman–Crippen MR) is 204 cm³/mol. The quantitative estimate of drug-likeness (QED) is 0.0411. The van der Waals surface area contributed by atoms with Gasteiger partial charge in [0.2, 0.25) is 5.16 Å². The van der Waals surface area contributed by atoms with E-state index in [1.807, 2.05) is 48.5 Å². The Bertz CT molecular complexity index is 2040. The number of aliphatic hydroxyl groups is 1. The molecule has 1 saturated heterocycles. The lowest BCUT2D eigenvalue weighted by molar-refractivity contribution is -0.151. The number of nitrogens with one attached hydrogen (secondary N) is 3. The van der Waals surface area contributed by atoms with E-state index in [1.54, 1.807) is 44.6 Å². The second-order valence-electron chi connectivity index (χ2n) is 11.7. The third kappa shape index (κ3) is 10.9. The van der Waals surface area contributed by atoms with Gasteiger partial charge in [0, 0.05) is 36.0 Å². The summed E-state index contributed by atoms with van der Waals surface area (Å²) < 4.78 is 42.3. The molecule has 2 amide bonds. The molecule has 6 rings (SSSR count). The van der Waals surface area contributed by atoms with Crippen LogP contribution in [0, 0.1) is 0 Å². The number of benzene rings is 3. The number of aliphatic carboxylic acids is 1. The van der Waals surface area contributed by atoms with Crippen LogP contribution in [0.2, 0.25) is 0 Å². The molecule has 6 N–H and O–H groups in total. The molecule has 21 heteroatoms. The molecule has 55 heavy (non-hydrogen) atoms. The van der Waals surface area contributed by atoms with Gasteiger partial charge in [0.05, 0.1) is 14.2 Å². The van der Waals surface area contributed by atoms with Crippen LogP contribution in [0.1, 0.15) is 11.7 Å². The predicted octanol–water partition coefficient (Wildman–Crippen LogP) is 2.31. The van der Waals surface area contributed by atoms with Gasteiger partial charge in [-0.05, 0) is 70.1 Å². The number of carbonyl (C=O) groups is 3. The lowest BCUT2D eigenvalue weighted by atomic mass is 10.0. The highest BCUT2D eigenvalue weighted by molar-refractivity contribution is 8.01. The third-order valence-electron chi connectivity index (χ3n) is 8.03. The molecule has 3 aromatic carbocycles. The van der Waals surface area contributed by atoms with Crippen molar-refractivity contribution in [3.63, 3.8) is 0 Å². The van der Waals surface area contributed by atoms with Crippen molar-refractivity contribution in [3.8, 4) is 11.5 Å². The van der Waals surface area contributed by atoms with Crippen LogP contribution in [-0.4, -0.2) is 116 Å². The minimum atomic E-state index is -4.40. The number of β-lactam (4-membered cyclic amide) rings is 1. The van der Waals surface area contributed by atoms with E-state index >= 15 is 0 Å². The van der Waals surface area contributed by atoms with Gasteiger partial charge in [-0.3, -0.25) is 19.0 Å². The van der Waals surface area contributed by atoms with E-state index in [1.165, 1.54) is 11.8 Å². The fraction of sp³-hybridized carbons (Fsp3) is 0.294. The molecule has 18 nitrogen and oxygen atoms in total. The summed E-state index contributed by atoms with van der Waals surface area (Å²) in [4.78, 5) is 38.3. The van der Waals surface area contributed by atoms with Crippen LogP contribution < -0.4 is 25.4 Å². The van der Waals surface area contributed by atoms with Gasteiger partial charge in [0.15, 0.2) is 12.0 Å². The lowest BCUT2D eigenvalue weighted by Crippen LogP contribution is -2.70. The molecule has 4 aromatic rings. The zero-order valence-electron chi connectivity index (χ0n) is 29.4. The first kappa shape index (κ1) is 40.8. The van der Waals surface area contributed by atoms with Crippen molar-refractivity contribution in [2.24, 2.45) is 0 Å². The second kappa shape index (κ2) is 18.8. The van der Waals surface area contributed by atoms with Crippen molar-refractivity contribution in [3.05, 3.63) is 95.7 Å². The maximum atomic E-state index is 12.8. The van der Waals surface area contributed by atoms with Crippen LogP contribution in [0.25, 0.3) is 0 Å². The number of carbonyl (C=O) groups excluding carboxylic acids is 2. The molecule has 292 valence electrons. The number of carboxylic acids is 1. The second-order valence-corrected chi connectivity index (χ2v) is 15.2. The van der Waals surface area contributed by atoms with Crippen LogP contribution in [0.15, 0.2) is 95.3 Å². The molecule has 2 unspecified atom stereocenters. The average molecular weight is 815 g/mol. The fourth-order valence-electron chi connectivity index (χ4n) is 5.33. The lowest BCUT2D eigenvalue weighted by Gasteiger charge is -2.49. The van der Waals surface area contributed by atoms with Gasteiger partial charge in [-0.2, -0.15) is 8.42 Å². The van der Waals surface area contributed by atoms with Crippen molar-refractivity contribution in [2.75, 3.05) is 49.4 Å². The minimum absolute atomic E-state index is 0.0285. The van der Waals surface area contributed by atoms with E-state index in [9.17, 15) is 33.0 Å². The van der Waals surface area contributed by atoms with Crippen molar-refractivity contribution >= 4 is 62.8 Å². The molecule has 0 bridgehead atoms. The van der Waals surface area contributed by atoms with Gasteiger partial charge in [-0.1, -0.05) is 42.1 Å². The number of methoxy groups -OCH3 is 2. The van der Waals surface area contributed by atoms with Gasteiger partial charge in [0.1, 0.15) is 28.6 Å². The van der Waals surface area contributed by atoms with Gasteiger partial charge >= 0.3 is 5.97 Å². The van der Waals surface area contributed by atoms with Crippen molar-refractivity contribution in [1.29, 1.82) is 0 Å². The number of hydrogen-bond acceptors (Lipinski definition) is 15. The van der Waals surface area contributed by atoms with Crippen molar-refractivity contribution in [1.82, 2.24) is 30.4 Å². The number of tetrazole rings is 1. The summed E-state index contributed by atoms with van der Waals surface area (Å²) in [7, 11) is -1.06. The number of hydrogen-bond donors (Lipinski definition) is 6. The molecule has 0 aliphatic carbocycles. The Labute approximate surface area is 324 Å². The Morgan fingerprint density at radius 1 is 0.964 bits per heavy atom. The summed E-state index contributed by atoms with van der Waals surface area (Å²) in [5, 5.41) is 39.1. The first-order chi connectivity index (χ1) is 26.4. The first-order valence-electron chi connectivity index (χ1n) is 16.4. The summed E-state index contributed by atoms with van der Waals surface area (Å²) in [6.45, 7) is 1.69. The fourth-order valence-corrected chi connectivity index (χ4v) is 8.26. The summed E-state index contributed by atoms with van der Waals surface area (Å²) in [5.41, 5.74) is 2.65. The Hall–Kier alpha value is -5.35. The smallest absolute Gasteiger partial charge is 0.352 e. The number of carboxylic acid groups (broad SMARTS) is 1. The number of nitrogens with zero attached hydrogens (tertiary/aromatic N) is 5. The van der Waals surface area contributed by atoms with Gasteiger partial charge in [-0.15, -0.1) is 16.9 Å². The molecule has 2 aliphatic heterocycles. The number of fused-ring (bicyclic) bond motifs is 1. The number of ether oxygens (including phenoxy) is 2. The molecule has 3 atom stereocenters. The molecular weight excluding hydrogens is 777 g/mol. The van der Waals surface area contributed by atoms with Gasteiger partial charge in [-0.25, -0.2) is 9.48 Å². The Morgan fingerprint density at radius 3 is 2.07 bits per heavy atom. The van der Waals surface area contributed by atoms with Crippen LogP contribution in [-0.2, 0) is 30.4 Å². The number of thioether (sulfide) groups is 2. The van der Waals surface area contributed by atoms with Crippen molar-refractivity contribution in [2.45, 2.75) is 28.6 Å². The molecule has 0 spiro atoms. The first-order valence-corrected chi connectivity index (χ1v) is 20.1. The van der Waals surface area contributed by atoms with Gasteiger partial charge < -0.3 is 35.6 Å². The highest BCUT2D eigenvalue weighted by Crippen LogP contribution is 2.41. The Kier molecular flexibility index (Phi) is 14.0. The van der Waals surface area contributed by atoms with Crippen molar-refractivity contribution < 1.29 is 47.0 Å². The van der Waals surface area contributed by atoms with E-state index in [0.29, 0.717) is 11.1 Å². The molecule has 1 aromatic heterocycles. The number of aliphatic hydroxyl groups excluding tert-OH is 1. The molecule has 2 aliphatic rings. The van der Waals surface area contributed by atoms with Crippen LogP contribution in [0.3, 0.4) is 0 Å². The van der Waals surface area contributed by atoms with E-state index < -0.39 is 51.3 Å². The zero-order valence-corrected chi connectivity index (χ0v) is 31.9. The summed E-state index contributed by atoms with van der Waals surface area (Å²) >= 11 is 2.17. The van der Waals surface area contributed by atoms with E-state index in [2.05, 4.69) is 31.5 Å². The minimum Gasteiger partial charge on any atom is -0.497 e. The Balaban J connectivity index is 0.000000246. The van der Waals surface area contributed by atoms with Gasteiger partial charge in [0.25, 0.3) is 21.9 Å². The summed E-state index contributed by atoms with van der Waals surface area (Å²) in [5.74, 6) is -1.65. The standard InChI is InChI=1S/C18H18N6O8S3.C16H20N2O2/c25-13(9-4-2-1-3-5-9)14(26)19-11-15(27)24-12(17(28)29)10(6-33-16(11)24)7-34-18-20-21-22-23(18)8-35(30,31)32;1-19-15-7-3-13(4-8-15)17-11-12-18-14-5-9-16(20-2)10-6-14/h1-5,11,13,16,25H,6-8H2,(H,19,26)(H,28,29)(H,30,31,32);3-10,17-18H,11-12H2,1-2H3/t11?,13-,16?;/m1./s1. The molecular formula is C34H38N8O10S3. The average Bonchev–Trinajstić information content (AvgIpc) is 3.62. The van der Waals surface area contributed by atoms with Crippen LogP contribution in [0.4, 0.5) is 11.4 Å². The van der Waals surface area contributed by atoms with Crippen LogP contribution >= 0.6 is 23.5 Å². The molecule has 0 radical (unpaired) electrons. The summed E-state index contributed by atoms with van der Waals surface area (Å²) in [6.07, 6.45) is -1.48. The Morgan fingerprint density at radius 2 is 1.55 bits per heavy atom. The maximum Gasteiger partial charge on any atom is 0.352 e. The third-order valence-corrected chi connectivity index (χ3v) is 11.0. The van der Waals surface area contributed by atoms with E-state index in [0.717, 1.165) is 57.3 Å². The maximum absolute atomic E-state index is 12.8. The number of anilines is 2. The normalized spacial score (nSPS) is 16.8. The monoisotopic (exact) mass is 814 g/mol. The summed E-state index contributed by atoms with van der Waals surface area (Å²) in [6, 6.07) is 23.0. The SMILES string of the molecule is COc1ccc(NCCNc2ccc(OC)cc2)cc1.O=C(O)C1=C(CSc2nnnn2CS(=O)(=O)O)CSC2C(NC(=O)[C@H](O)c3ccccc3)C(=O)N12.